The molecule has 58 valence electrons. The van der Waals surface area contributed by atoms with E-state index in [-0.39, 0.29) is 12.0 Å². The van der Waals surface area contributed by atoms with E-state index < -0.39 is 0 Å². The quantitative estimate of drug-likeness (QED) is 0.313. The molecule has 1 aliphatic heterocycles. The zero-order valence-electron chi connectivity index (χ0n) is 5.80. The Hall–Kier alpha value is -0.610. The van der Waals surface area contributed by atoms with Crippen molar-refractivity contribution < 1.29 is 9.53 Å². The molecule has 1 heterocycles. The van der Waals surface area contributed by atoms with E-state index >= 15 is 0 Å². The molecular formula is C6H12N2O2. The summed E-state index contributed by atoms with van der Waals surface area (Å²) < 4.78 is 5.21. The smallest absolute Gasteiger partial charge is 0.236 e. The summed E-state index contributed by atoms with van der Waals surface area (Å²) in [6, 6.07) is 0. The zero-order valence-corrected chi connectivity index (χ0v) is 5.80. The molecule has 0 aromatic heterocycles. The van der Waals surface area contributed by atoms with E-state index in [1.807, 2.05) is 0 Å². The van der Waals surface area contributed by atoms with Crippen molar-refractivity contribution in [3.63, 3.8) is 0 Å². The van der Waals surface area contributed by atoms with E-state index in [0.717, 1.165) is 19.4 Å². The molecule has 10 heavy (non-hydrogen) atoms. The van der Waals surface area contributed by atoms with Crippen LogP contribution < -0.4 is 11.3 Å². The molecule has 0 aromatic carbocycles. The van der Waals surface area contributed by atoms with Crippen LogP contribution in [0.25, 0.3) is 0 Å². The summed E-state index contributed by atoms with van der Waals surface area (Å²) in [7, 11) is 0. The Balaban J connectivity index is 2.17. The summed E-state index contributed by atoms with van der Waals surface area (Å²) in [6.45, 7) is 0.780. The van der Waals surface area contributed by atoms with E-state index in [2.05, 4.69) is 5.43 Å². The van der Waals surface area contributed by atoms with Gasteiger partial charge in [0.05, 0.1) is 12.5 Å². The number of carbonyl (C=O) groups is 1. The second kappa shape index (κ2) is 3.53. The van der Waals surface area contributed by atoms with Gasteiger partial charge in [0.1, 0.15) is 0 Å². The minimum atomic E-state index is -0.146. The van der Waals surface area contributed by atoms with Crippen LogP contribution in [0.1, 0.15) is 19.3 Å². The van der Waals surface area contributed by atoms with E-state index in [9.17, 15) is 4.79 Å². The zero-order chi connectivity index (χ0) is 7.40. The van der Waals surface area contributed by atoms with Crippen molar-refractivity contribution in [1.29, 1.82) is 0 Å². The number of nitrogens with two attached hydrogens (primary N) is 1. The molecule has 0 spiro atoms. The van der Waals surface area contributed by atoms with Crippen molar-refractivity contribution in [3.8, 4) is 0 Å². The van der Waals surface area contributed by atoms with Crippen molar-refractivity contribution >= 4 is 5.91 Å². The van der Waals surface area contributed by atoms with Gasteiger partial charge in [-0.25, -0.2) is 5.84 Å². The topological polar surface area (TPSA) is 64.3 Å². The summed E-state index contributed by atoms with van der Waals surface area (Å²) in [5, 5.41) is 0. The maximum atomic E-state index is 10.7. The maximum Gasteiger partial charge on any atom is 0.236 e. The van der Waals surface area contributed by atoms with Gasteiger partial charge >= 0.3 is 0 Å². The molecule has 1 saturated heterocycles. The maximum absolute atomic E-state index is 10.7. The predicted octanol–water partition coefficient (Wildman–Crippen LogP) is -0.455. The second-order valence-electron chi connectivity index (χ2n) is 2.41. The average Bonchev–Trinajstić information content (AvgIpc) is 2.40. The van der Waals surface area contributed by atoms with Crippen LogP contribution in [0.15, 0.2) is 0 Å². The molecule has 4 heteroatoms. The molecule has 4 nitrogen and oxygen atoms in total. The van der Waals surface area contributed by atoms with E-state index in [1.54, 1.807) is 0 Å². The molecule has 0 aromatic rings. The van der Waals surface area contributed by atoms with Gasteiger partial charge in [0.2, 0.25) is 5.91 Å². The number of rotatable bonds is 2. The van der Waals surface area contributed by atoms with Crippen LogP contribution in [0, 0.1) is 0 Å². The van der Waals surface area contributed by atoms with Crippen LogP contribution >= 0.6 is 0 Å². The summed E-state index contributed by atoms with van der Waals surface area (Å²) in [5.41, 5.74) is 2.07. The molecule has 1 fully saturated rings. The molecule has 0 saturated carbocycles. The largest absolute Gasteiger partial charge is 0.378 e. The van der Waals surface area contributed by atoms with Crippen molar-refractivity contribution in [2.45, 2.75) is 25.4 Å². The number of ether oxygens (including phenoxy) is 1. The third-order valence-electron chi connectivity index (χ3n) is 1.60. The molecular weight excluding hydrogens is 132 g/mol. The lowest BCUT2D eigenvalue weighted by Crippen LogP contribution is -2.32. The Labute approximate surface area is 59.7 Å². The average molecular weight is 144 g/mol. The Morgan fingerprint density at radius 3 is 3.10 bits per heavy atom. The lowest BCUT2D eigenvalue weighted by atomic mass is 10.2. The van der Waals surface area contributed by atoms with Crippen LogP contribution in [0.3, 0.4) is 0 Å². The van der Waals surface area contributed by atoms with Gasteiger partial charge in [-0.15, -0.1) is 0 Å². The fourth-order valence-corrected chi connectivity index (χ4v) is 1.07. The minimum Gasteiger partial charge on any atom is -0.378 e. The van der Waals surface area contributed by atoms with Crippen LogP contribution in [-0.2, 0) is 9.53 Å². The number of hydrogen-bond donors (Lipinski definition) is 2. The van der Waals surface area contributed by atoms with E-state index in [1.165, 1.54) is 0 Å². The summed E-state index contributed by atoms with van der Waals surface area (Å²) in [4.78, 5) is 10.7. The molecule has 0 aliphatic carbocycles. The molecule has 1 amide bonds. The summed E-state index contributed by atoms with van der Waals surface area (Å²) >= 11 is 0. The molecule has 0 unspecified atom stereocenters. The fraction of sp³-hybridized carbons (Fsp3) is 0.833. The van der Waals surface area contributed by atoms with Crippen LogP contribution in [-0.4, -0.2) is 18.6 Å². The monoisotopic (exact) mass is 144 g/mol. The number of nitrogens with one attached hydrogen (secondary N) is 1. The van der Waals surface area contributed by atoms with Gasteiger partial charge in [-0.1, -0.05) is 0 Å². The number of carbonyl (C=O) groups excluding carboxylic acids is 1. The van der Waals surface area contributed by atoms with E-state index in [4.69, 9.17) is 10.6 Å². The molecule has 1 atom stereocenters. The first-order valence-electron chi connectivity index (χ1n) is 3.44. The minimum absolute atomic E-state index is 0.101. The Morgan fingerprint density at radius 1 is 1.80 bits per heavy atom. The highest BCUT2D eigenvalue weighted by atomic mass is 16.5. The Kier molecular flexibility index (Phi) is 2.65. The Bertz CT molecular complexity index is 121. The molecule has 1 aliphatic rings. The SMILES string of the molecule is NNC(=O)C[C@H]1CCCO1. The molecule has 0 radical (unpaired) electrons. The highest BCUT2D eigenvalue weighted by molar-refractivity contribution is 5.75. The number of hydrogen-bond acceptors (Lipinski definition) is 3. The van der Waals surface area contributed by atoms with Crippen LogP contribution in [0.2, 0.25) is 0 Å². The predicted molar refractivity (Wildman–Crippen MR) is 35.9 cm³/mol. The van der Waals surface area contributed by atoms with Gasteiger partial charge in [-0.05, 0) is 12.8 Å². The van der Waals surface area contributed by atoms with Crippen molar-refractivity contribution in [3.05, 3.63) is 0 Å². The summed E-state index contributed by atoms with van der Waals surface area (Å²) in [5.74, 6) is 4.75. The van der Waals surface area contributed by atoms with Gasteiger partial charge in [0, 0.05) is 6.61 Å². The van der Waals surface area contributed by atoms with Crippen LogP contribution in [0.4, 0.5) is 0 Å². The second-order valence-corrected chi connectivity index (χ2v) is 2.41. The Morgan fingerprint density at radius 2 is 2.60 bits per heavy atom. The van der Waals surface area contributed by atoms with Crippen LogP contribution in [0.5, 0.6) is 0 Å². The van der Waals surface area contributed by atoms with Gasteiger partial charge in [-0.3, -0.25) is 10.2 Å². The third kappa shape index (κ3) is 1.97. The van der Waals surface area contributed by atoms with Crippen molar-refractivity contribution in [2.75, 3.05) is 6.61 Å². The van der Waals surface area contributed by atoms with Gasteiger partial charge in [0.15, 0.2) is 0 Å². The first-order chi connectivity index (χ1) is 4.83. The molecule has 0 bridgehead atoms. The summed E-state index contributed by atoms with van der Waals surface area (Å²) in [6.07, 6.45) is 2.54. The lowest BCUT2D eigenvalue weighted by molar-refractivity contribution is -0.123. The third-order valence-corrected chi connectivity index (χ3v) is 1.60. The highest BCUT2D eigenvalue weighted by Crippen LogP contribution is 2.14. The number of hydrazine groups is 1. The first kappa shape index (κ1) is 7.50. The van der Waals surface area contributed by atoms with Crippen molar-refractivity contribution in [1.82, 2.24) is 5.43 Å². The normalized spacial score (nSPS) is 24.7. The molecule has 1 rings (SSSR count). The van der Waals surface area contributed by atoms with Gasteiger partial charge in [0.25, 0.3) is 0 Å². The molecule has 3 N–H and O–H groups in total. The van der Waals surface area contributed by atoms with E-state index in [0.29, 0.717) is 6.42 Å². The first-order valence-corrected chi connectivity index (χ1v) is 3.44. The standard InChI is InChI=1S/C6H12N2O2/c7-8-6(9)4-5-2-1-3-10-5/h5H,1-4,7H2,(H,8,9)/t5-/m1/s1. The van der Waals surface area contributed by atoms with Gasteiger partial charge < -0.3 is 4.74 Å². The fourth-order valence-electron chi connectivity index (χ4n) is 1.07. The lowest BCUT2D eigenvalue weighted by Gasteiger charge is -2.06. The van der Waals surface area contributed by atoms with Gasteiger partial charge in [-0.2, -0.15) is 0 Å². The van der Waals surface area contributed by atoms with Crippen molar-refractivity contribution in [2.24, 2.45) is 5.84 Å². The highest BCUT2D eigenvalue weighted by Gasteiger charge is 2.17. The number of amides is 1.